The molecule has 4 nitrogen and oxygen atoms in total. The Labute approximate surface area is 73.0 Å². The van der Waals surface area contributed by atoms with Crippen molar-refractivity contribution in [2.24, 2.45) is 0 Å². The maximum atomic E-state index is 11.1. The van der Waals surface area contributed by atoms with E-state index < -0.39 is 17.3 Å². The minimum atomic E-state index is -0.610. The van der Waals surface area contributed by atoms with Gasteiger partial charge in [-0.2, -0.15) is 0 Å². The summed E-state index contributed by atoms with van der Waals surface area (Å²) in [5.74, 6) is -0.410. The summed E-state index contributed by atoms with van der Waals surface area (Å²) in [7, 11) is 0. The van der Waals surface area contributed by atoms with E-state index in [1.165, 1.54) is 11.3 Å². The highest BCUT2D eigenvalue weighted by Gasteiger charge is 2.15. The molecule has 0 aliphatic heterocycles. The summed E-state index contributed by atoms with van der Waals surface area (Å²) in [6.07, 6.45) is 0. The molecule has 0 aliphatic carbocycles. The molecule has 1 aromatic heterocycles. The van der Waals surface area contributed by atoms with Gasteiger partial charge in [-0.05, 0) is 23.9 Å². The lowest BCUT2D eigenvalue weighted by atomic mass is 10.2. The van der Waals surface area contributed by atoms with Crippen LogP contribution in [0.4, 0.5) is 0 Å². The molecule has 0 amide bonds. The molecule has 1 rings (SSSR count). The van der Waals surface area contributed by atoms with E-state index in [4.69, 9.17) is 0 Å². The van der Waals surface area contributed by atoms with E-state index in [1.54, 1.807) is 18.4 Å². The molecule has 0 saturated carbocycles. The minimum absolute atomic E-state index is 0.410. The fourth-order valence-electron chi connectivity index (χ4n) is 0.847. The summed E-state index contributed by atoms with van der Waals surface area (Å²) < 4.78 is 0. The second kappa shape index (κ2) is 3.44. The largest absolute Gasteiger partial charge is 0.286 e. The van der Waals surface area contributed by atoms with E-state index in [1.807, 2.05) is 0 Å². The van der Waals surface area contributed by atoms with Crippen LogP contribution in [0.2, 0.25) is 0 Å². The second-order valence-corrected chi connectivity index (χ2v) is 3.26. The molecular weight excluding hydrogens is 178 g/mol. The third-order valence-corrected chi connectivity index (χ3v) is 2.45. The highest BCUT2D eigenvalue weighted by molar-refractivity contribution is 7.12. The van der Waals surface area contributed by atoms with Crippen LogP contribution in [0.5, 0.6) is 0 Å². The first-order valence-corrected chi connectivity index (χ1v) is 4.18. The van der Waals surface area contributed by atoms with Crippen LogP contribution in [0.15, 0.2) is 11.4 Å². The van der Waals surface area contributed by atoms with Gasteiger partial charge in [0.05, 0.1) is 4.88 Å². The van der Waals surface area contributed by atoms with Gasteiger partial charge in [0.2, 0.25) is 5.78 Å². The number of hydrogen-bond acceptors (Lipinski definition) is 4. The zero-order valence-corrected chi connectivity index (χ0v) is 7.26. The number of ketones is 1. The van der Waals surface area contributed by atoms with Crippen molar-refractivity contribution in [3.8, 4) is 0 Å². The quantitative estimate of drug-likeness (QED) is 0.407. The average Bonchev–Trinajstić information content (AvgIpc) is 2.33. The molecule has 12 heavy (non-hydrogen) atoms. The van der Waals surface area contributed by atoms with Crippen molar-refractivity contribution in [2.75, 3.05) is 6.54 Å². The lowest BCUT2D eigenvalue weighted by Crippen LogP contribution is -2.13. The summed E-state index contributed by atoms with van der Waals surface area (Å²) >= 11 is 1.25. The highest BCUT2D eigenvalue weighted by atomic mass is 32.1. The van der Waals surface area contributed by atoms with Gasteiger partial charge in [-0.15, -0.1) is 11.3 Å². The van der Waals surface area contributed by atoms with Crippen molar-refractivity contribution in [2.45, 2.75) is 6.92 Å². The third-order valence-electron chi connectivity index (χ3n) is 1.39. The van der Waals surface area contributed by atoms with Crippen LogP contribution in [-0.4, -0.2) is 17.3 Å². The Morgan fingerprint density at radius 1 is 1.75 bits per heavy atom. The maximum Gasteiger partial charge on any atom is 0.266 e. The Hall–Kier alpha value is -1.23. The molecule has 0 N–H and O–H groups in total. The molecule has 0 aromatic carbocycles. The fraction of sp³-hybridized carbons (Fsp3) is 0.286. The minimum Gasteiger partial charge on any atom is -0.286 e. The van der Waals surface area contributed by atoms with Crippen LogP contribution in [0.1, 0.15) is 15.2 Å². The molecule has 0 bridgehead atoms. The van der Waals surface area contributed by atoms with Gasteiger partial charge in [0.15, 0.2) is 0 Å². The molecule has 5 heteroatoms. The molecule has 0 radical (unpaired) electrons. The van der Waals surface area contributed by atoms with E-state index in [9.17, 15) is 14.9 Å². The first kappa shape index (κ1) is 8.86. The number of hydrogen-bond donors (Lipinski definition) is 0. The Morgan fingerprint density at radius 3 is 2.83 bits per heavy atom. The first-order chi connectivity index (χ1) is 5.61. The summed E-state index contributed by atoms with van der Waals surface area (Å²) in [5, 5.41) is 11.8. The molecule has 1 heterocycles. The molecule has 0 fully saturated rings. The van der Waals surface area contributed by atoms with Gasteiger partial charge in [-0.1, -0.05) is 0 Å². The van der Waals surface area contributed by atoms with Gasteiger partial charge < -0.3 is 0 Å². The number of rotatable bonds is 3. The summed E-state index contributed by atoms with van der Waals surface area (Å²) in [6, 6.07) is 1.78. The fourth-order valence-corrected chi connectivity index (χ4v) is 1.71. The van der Waals surface area contributed by atoms with Gasteiger partial charge in [-0.25, -0.2) is 0 Å². The highest BCUT2D eigenvalue weighted by Crippen LogP contribution is 2.15. The zero-order valence-electron chi connectivity index (χ0n) is 6.44. The Bertz CT molecular complexity index is 318. The second-order valence-electron chi connectivity index (χ2n) is 2.35. The lowest BCUT2D eigenvalue weighted by molar-refractivity contribution is -0.465. The number of nitrogens with zero attached hydrogens (tertiary/aromatic N) is 1. The van der Waals surface area contributed by atoms with Crippen molar-refractivity contribution in [1.29, 1.82) is 0 Å². The van der Waals surface area contributed by atoms with E-state index in [-0.39, 0.29) is 0 Å². The predicted octanol–water partition coefficient (Wildman–Crippen LogP) is 1.52. The Kier molecular flexibility index (Phi) is 2.54. The SMILES string of the molecule is Cc1ccsc1C(=O)C[N+](=O)[O-]. The first-order valence-electron chi connectivity index (χ1n) is 3.30. The van der Waals surface area contributed by atoms with Crippen LogP contribution in [0.3, 0.4) is 0 Å². The van der Waals surface area contributed by atoms with Crippen molar-refractivity contribution in [3.63, 3.8) is 0 Å². The zero-order chi connectivity index (χ0) is 9.14. The summed E-state index contributed by atoms with van der Waals surface area (Å²) in [6.45, 7) is 1.16. The van der Waals surface area contributed by atoms with Crippen LogP contribution >= 0.6 is 11.3 Å². The van der Waals surface area contributed by atoms with E-state index in [2.05, 4.69) is 0 Å². The molecule has 0 saturated heterocycles. The molecule has 0 unspecified atom stereocenters. The van der Waals surface area contributed by atoms with E-state index >= 15 is 0 Å². The monoisotopic (exact) mass is 185 g/mol. The molecule has 0 aliphatic rings. The topological polar surface area (TPSA) is 60.2 Å². The number of aryl methyl sites for hydroxylation is 1. The molecular formula is C7H7NO3S. The average molecular weight is 185 g/mol. The van der Waals surface area contributed by atoms with Crippen LogP contribution in [0.25, 0.3) is 0 Å². The van der Waals surface area contributed by atoms with Gasteiger partial charge in [0, 0.05) is 4.92 Å². The van der Waals surface area contributed by atoms with Crippen molar-refractivity contribution in [1.82, 2.24) is 0 Å². The third kappa shape index (κ3) is 1.88. The van der Waals surface area contributed by atoms with Gasteiger partial charge >= 0.3 is 0 Å². The predicted molar refractivity (Wildman–Crippen MR) is 45.2 cm³/mol. The molecule has 1 aromatic rings. The summed E-state index contributed by atoms with van der Waals surface area (Å²) in [5.41, 5.74) is 0.812. The van der Waals surface area contributed by atoms with Crippen LogP contribution in [0, 0.1) is 17.0 Å². The van der Waals surface area contributed by atoms with Gasteiger partial charge in [-0.3, -0.25) is 14.9 Å². The number of carbonyl (C=O) groups excluding carboxylic acids is 1. The molecule has 64 valence electrons. The number of nitro groups is 1. The van der Waals surface area contributed by atoms with Crippen molar-refractivity contribution < 1.29 is 9.72 Å². The Balaban J connectivity index is 2.78. The van der Waals surface area contributed by atoms with Crippen LogP contribution in [-0.2, 0) is 0 Å². The molecule has 0 spiro atoms. The molecule has 0 atom stereocenters. The van der Waals surface area contributed by atoms with Crippen LogP contribution < -0.4 is 0 Å². The van der Waals surface area contributed by atoms with Gasteiger partial charge in [0.25, 0.3) is 6.54 Å². The number of thiophene rings is 1. The lowest BCUT2D eigenvalue weighted by Gasteiger charge is -1.92. The van der Waals surface area contributed by atoms with Gasteiger partial charge in [0.1, 0.15) is 0 Å². The van der Waals surface area contributed by atoms with Crippen molar-refractivity contribution in [3.05, 3.63) is 32.0 Å². The maximum absolute atomic E-state index is 11.1. The van der Waals surface area contributed by atoms with Crippen molar-refractivity contribution >= 4 is 17.1 Å². The number of carbonyl (C=O) groups is 1. The standard InChI is InChI=1S/C7H7NO3S/c1-5-2-3-12-7(5)6(9)4-8(10)11/h2-3H,4H2,1H3. The Morgan fingerprint density at radius 2 is 2.42 bits per heavy atom. The summed E-state index contributed by atoms with van der Waals surface area (Å²) in [4.78, 5) is 21.0. The smallest absolute Gasteiger partial charge is 0.266 e. The van der Waals surface area contributed by atoms with E-state index in [0.717, 1.165) is 5.56 Å². The van der Waals surface area contributed by atoms with E-state index in [0.29, 0.717) is 4.88 Å². The normalized spacial score (nSPS) is 9.75. The number of Topliss-reactive ketones (excluding diaryl/α,β-unsaturated/α-hetero) is 1.